The highest BCUT2D eigenvalue weighted by Gasteiger charge is 2.45. The molecule has 1 unspecified atom stereocenters. The molecule has 1 heterocycles. The molecule has 0 N–H and O–H groups in total. The average Bonchev–Trinajstić information content (AvgIpc) is 2.58. The van der Waals surface area contributed by atoms with Crippen LogP contribution in [0.5, 0.6) is 0 Å². The molecule has 3 heteroatoms. The van der Waals surface area contributed by atoms with Gasteiger partial charge < -0.3 is 14.6 Å². The molecule has 114 valence electrons. The molecule has 0 radical (unpaired) electrons. The number of hydrogen-bond acceptors (Lipinski definition) is 3. The monoisotopic (exact) mass is 295 g/mol. The van der Waals surface area contributed by atoms with Gasteiger partial charge in [-0.15, -0.1) is 0 Å². The smallest absolute Gasteiger partial charge is 0.0858 e. The van der Waals surface area contributed by atoms with E-state index in [0.717, 1.165) is 19.3 Å². The summed E-state index contributed by atoms with van der Waals surface area (Å²) in [6.45, 7) is 0.597. The van der Waals surface area contributed by atoms with Crippen LogP contribution in [0.1, 0.15) is 30.4 Å². The zero-order valence-electron chi connectivity index (χ0n) is 12.4. The summed E-state index contributed by atoms with van der Waals surface area (Å²) >= 11 is 0. The average molecular weight is 295 g/mol. The summed E-state index contributed by atoms with van der Waals surface area (Å²) in [6, 6.07) is 18.6. The van der Waals surface area contributed by atoms with Crippen molar-refractivity contribution in [1.82, 2.24) is 0 Å². The van der Waals surface area contributed by atoms with Crippen molar-refractivity contribution in [3.05, 3.63) is 71.8 Å². The Morgan fingerprint density at radius 1 is 0.955 bits per heavy atom. The molecule has 3 nitrogen and oxygen atoms in total. The lowest BCUT2D eigenvalue weighted by atomic mass is 9.68. The number of aliphatic carboxylic acids is 1. The minimum atomic E-state index is -1.26. The van der Waals surface area contributed by atoms with E-state index in [2.05, 4.69) is 0 Å². The van der Waals surface area contributed by atoms with Gasteiger partial charge in [-0.1, -0.05) is 60.7 Å². The molecule has 3 rings (SSSR count). The van der Waals surface area contributed by atoms with E-state index in [4.69, 9.17) is 4.74 Å². The number of carbonyl (C=O) groups is 1. The molecule has 2 aromatic carbocycles. The van der Waals surface area contributed by atoms with Crippen molar-refractivity contribution >= 4 is 5.97 Å². The third kappa shape index (κ3) is 2.42. The summed E-state index contributed by atoms with van der Waals surface area (Å²) in [5.74, 6) is -1.10. The van der Waals surface area contributed by atoms with E-state index < -0.39 is 17.5 Å². The topological polar surface area (TPSA) is 49.4 Å². The van der Waals surface area contributed by atoms with Gasteiger partial charge in [0.05, 0.1) is 17.5 Å². The molecule has 0 bridgehead atoms. The number of benzene rings is 2. The first-order valence-corrected chi connectivity index (χ1v) is 7.70. The highest BCUT2D eigenvalue weighted by atomic mass is 16.5. The van der Waals surface area contributed by atoms with Crippen molar-refractivity contribution in [1.29, 1.82) is 0 Å². The van der Waals surface area contributed by atoms with Crippen LogP contribution >= 0.6 is 0 Å². The maximum Gasteiger partial charge on any atom is 0.0858 e. The Morgan fingerprint density at radius 2 is 1.50 bits per heavy atom. The second kappa shape index (κ2) is 6.32. The van der Waals surface area contributed by atoms with E-state index in [1.165, 1.54) is 0 Å². The predicted molar refractivity (Wildman–Crippen MR) is 82.3 cm³/mol. The van der Waals surface area contributed by atoms with Gasteiger partial charge in [0.15, 0.2) is 0 Å². The van der Waals surface area contributed by atoms with Gasteiger partial charge in [-0.25, -0.2) is 0 Å². The van der Waals surface area contributed by atoms with Gasteiger partial charge in [0, 0.05) is 6.61 Å². The highest BCUT2D eigenvalue weighted by molar-refractivity contribution is 5.85. The SMILES string of the molecule is O=C([O-])C(c1ccccc1)(c1ccccc1)C1CCCCO1. The lowest BCUT2D eigenvalue weighted by Crippen LogP contribution is -2.56. The second-order valence-corrected chi connectivity index (χ2v) is 5.68. The fourth-order valence-electron chi connectivity index (χ4n) is 3.39. The van der Waals surface area contributed by atoms with E-state index in [-0.39, 0.29) is 0 Å². The van der Waals surface area contributed by atoms with Gasteiger partial charge in [0.25, 0.3) is 0 Å². The van der Waals surface area contributed by atoms with Crippen LogP contribution in [0.15, 0.2) is 60.7 Å². The minimum Gasteiger partial charge on any atom is -0.549 e. The van der Waals surface area contributed by atoms with Crippen molar-refractivity contribution in [3.8, 4) is 0 Å². The Kier molecular flexibility index (Phi) is 4.25. The molecule has 0 aromatic heterocycles. The molecule has 22 heavy (non-hydrogen) atoms. The molecular weight excluding hydrogens is 276 g/mol. The van der Waals surface area contributed by atoms with Crippen LogP contribution in [0, 0.1) is 0 Å². The van der Waals surface area contributed by atoms with Gasteiger partial charge in [0.2, 0.25) is 0 Å². The van der Waals surface area contributed by atoms with E-state index in [1.54, 1.807) is 0 Å². The Balaban J connectivity index is 2.21. The lowest BCUT2D eigenvalue weighted by Gasteiger charge is -2.44. The molecule has 0 amide bonds. The number of ether oxygens (including phenoxy) is 1. The molecular formula is C19H19O3-. The summed E-state index contributed by atoms with van der Waals surface area (Å²) in [7, 11) is 0. The number of rotatable bonds is 4. The maximum absolute atomic E-state index is 12.3. The van der Waals surface area contributed by atoms with E-state index in [9.17, 15) is 9.90 Å². The number of carboxylic acid groups (broad SMARTS) is 1. The van der Waals surface area contributed by atoms with Crippen LogP contribution in [0.3, 0.4) is 0 Å². The predicted octanol–water partition coefficient (Wildman–Crippen LogP) is 2.29. The molecule has 1 saturated heterocycles. The molecule has 2 aromatic rings. The molecule has 1 atom stereocenters. The fraction of sp³-hybridized carbons (Fsp3) is 0.316. The first kappa shape index (κ1) is 14.8. The maximum atomic E-state index is 12.3. The van der Waals surface area contributed by atoms with Crippen molar-refractivity contribution in [2.75, 3.05) is 6.61 Å². The number of hydrogen-bond donors (Lipinski definition) is 0. The standard InChI is InChI=1S/C19H20O3/c20-18(21)19(15-9-3-1-4-10-15,16-11-5-2-6-12-16)17-13-7-8-14-22-17/h1-6,9-12,17H,7-8,13-14H2,(H,20,21)/p-1. The van der Waals surface area contributed by atoms with E-state index in [1.807, 2.05) is 60.7 Å². The second-order valence-electron chi connectivity index (χ2n) is 5.68. The van der Waals surface area contributed by atoms with Gasteiger partial charge in [0.1, 0.15) is 0 Å². The molecule has 0 saturated carbocycles. The minimum absolute atomic E-state index is 0.406. The highest BCUT2D eigenvalue weighted by Crippen LogP contribution is 2.40. The van der Waals surface area contributed by atoms with Crippen molar-refractivity contribution < 1.29 is 14.6 Å². The molecule has 0 spiro atoms. The van der Waals surface area contributed by atoms with Gasteiger partial charge in [-0.05, 0) is 30.4 Å². The first-order valence-electron chi connectivity index (χ1n) is 7.70. The quantitative estimate of drug-likeness (QED) is 0.869. The molecule has 1 aliphatic rings. The van der Waals surface area contributed by atoms with Gasteiger partial charge in [-0.3, -0.25) is 0 Å². The molecule has 1 aliphatic heterocycles. The Labute approximate surface area is 130 Å². The largest absolute Gasteiger partial charge is 0.549 e. The summed E-state index contributed by atoms with van der Waals surface area (Å²) in [5.41, 5.74) is 0.171. The van der Waals surface area contributed by atoms with Crippen LogP contribution in [-0.4, -0.2) is 18.7 Å². The number of carboxylic acids is 1. The van der Waals surface area contributed by atoms with E-state index in [0.29, 0.717) is 17.7 Å². The fourth-order valence-corrected chi connectivity index (χ4v) is 3.39. The van der Waals surface area contributed by atoms with Crippen molar-refractivity contribution in [2.24, 2.45) is 0 Å². The zero-order chi connectivity index (χ0) is 15.4. The van der Waals surface area contributed by atoms with Crippen LogP contribution in [-0.2, 0) is 14.9 Å². The van der Waals surface area contributed by atoms with Crippen molar-refractivity contribution in [3.63, 3.8) is 0 Å². The molecule has 1 fully saturated rings. The third-order valence-corrected chi connectivity index (χ3v) is 4.44. The van der Waals surface area contributed by atoms with Crippen LogP contribution in [0.25, 0.3) is 0 Å². The zero-order valence-corrected chi connectivity index (χ0v) is 12.4. The molecule has 0 aliphatic carbocycles. The summed E-state index contributed by atoms with van der Waals surface area (Å²) < 4.78 is 5.89. The van der Waals surface area contributed by atoms with Gasteiger partial charge in [-0.2, -0.15) is 0 Å². The van der Waals surface area contributed by atoms with Crippen LogP contribution < -0.4 is 5.11 Å². The third-order valence-electron chi connectivity index (χ3n) is 4.44. The number of carbonyl (C=O) groups excluding carboxylic acids is 1. The Bertz CT molecular complexity index is 576. The van der Waals surface area contributed by atoms with Crippen molar-refractivity contribution in [2.45, 2.75) is 30.8 Å². The summed E-state index contributed by atoms with van der Waals surface area (Å²) in [4.78, 5) is 12.3. The summed E-state index contributed by atoms with van der Waals surface area (Å²) in [6.07, 6.45) is 2.26. The summed E-state index contributed by atoms with van der Waals surface area (Å²) in [5, 5.41) is 12.3. The van der Waals surface area contributed by atoms with Gasteiger partial charge >= 0.3 is 0 Å². The van der Waals surface area contributed by atoms with E-state index >= 15 is 0 Å². The normalized spacial score (nSPS) is 18.8. The Morgan fingerprint density at radius 3 is 1.91 bits per heavy atom. The Hall–Kier alpha value is -2.13. The first-order chi connectivity index (χ1) is 10.8. The van der Waals surface area contributed by atoms with Crippen LogP contribution in [0.4, 0.5) is 0 Å². The van der Waals surface area contributed by atoms with Crippen LogP contribution in [0.2, 0.25) is 0 Å². The lowest BCUT2D eigenvalue weighted by molar-refractivity contribution is -0.316.